The van der Waals surface area contributed by atoms with E-state index in [9.17, 15) is 48.5 Å². The summed E-state index contributed by atoms with van der Waals surface area (Å²) in [6, 6.07) is 16.4. The maximum atomic E-state index is 13.8. The number of thiazole rings is 1. The Balaban J connectivity index is 0.984. The molecule has 0 unspecified atom stereocenters. The quantitative estimate of drug-likeness (QED) is 0.00690. The van der Waals surface area contributed by atoms with Gasteiger partial charge < -0.3 is 56.8 Å². The highest BCUT2D eigenvalue weighted by Gasteiger charge is 2.35. The van der Waals surface area contributed by atoms with Crippen LogP contribution in [0.15, 0.2) is 134 Å². The van der Waals surface area contributed by atoms with E-state index in [-0.39, 0.29) is 124 Å². The highest BCUT2D eigenvalue weighted by Crippen LogP contribution is 2.43. The second-order valence-corrected chi connectivity index (χ2v) is 18.9. The average Bonchev–Trinajstić information content (AvgIpc) is 3.43. The van der Waals surface area contributed by atoms with Crippen LogP contribution < -0.4 is 37.9 Å². The number of esters is 8. The molecule has 2 saturated carbocycles. The van der Waals surface area contributed by atoms with Crippen molar-refractivity contribution >= 4 is 85.8 Å². The van der Waals surface area contributed by atoms with Crippen molar-refractivity contribution in [2.75, 3.05) is 27.2 Å². The van der Waals surface area contributed by atoms with Gasteiger partial charge in [0.05, 0.1) is 34.3 Å². The monoisotopic (exact) mass is 1180 g/mol. The number of rotatable bonds is 27. The number of non-ortho nitro benzene ring substituents is 1. The number of azo groups is 1. The summed E-state index contributed by atoms with van der Waals surface area (Å²) in [6.07, 6.45) is 5.78. The van der Waals surface area contributed by atoms with Gasteiger partial charge in [0.25, 0.3) is 5.69 Å². The first kappa shape index (κ1) is 61.3. The highest BCUT2D eigenvalue weighted by molar-refractivity contribution is 7.22. The molecule has 0 atom stereocenters. The lowest BCUT2D eigenvalue weighted by molar-refractivity contribution is -0.384. The lowest BCUT2D eigenvalue weighted by atomic mass is 9.82. The summed E-state index contributed by atoms with van der Waals surface area (Å²) in [6.45, 7) is 11.1. The topological polar surface area (TPSA) is 328 Å². The molecule has 7 rings (SSSR count). The Labute approximate surface area is 481 Å². The number of carbonyl (C=O) groups is 8. The minimum atomic E-state index is -0.763. The zero-order valence-corrected chi connectivity index (χ0v) is 45.4. The Bertz CT molecular complexity index is 3170. The first-order valence-electron chi connectivity index (χ1n) is 25.5. The third kappa shape index (κ3) is 17.4. The number of nitrogens with zero attached hydrogens (tertiary/aromatic N) is 4. The predicted octanol–water partition coefficient (Wildman–Crippen LogP) is 9.52. The summed E-state index contributed by atoms with van der Waals surface area (Å²) in [5.74, 6) is -7.63. The number of nitro groups is 1. The van der Waals surface area contributed by atoms with Crippen LogP contribution in [0.4, 0.5) is 16.5 Å². The number of carbonyl (C=O) groups excluding carboxylic acids is 8. The van der Waals surface area contributed by atoms with Gasteiger partial charge in [-0.05, 0) is 99.9 Å². The van der Waals surface area contributed by atoms with Gasteiger partial charge in [-0.1, -0.05) is 37.7 Å². The van der Waals surface area contributed by atoms with Gasteiger partial charge >= 0.3 is 47.8 Å². The minimum Gasteiger partial charge on any atom is -0.453 e. The molecule has 0 radical (unpaired) electrons. The molecule has 2 fully saturated rings. The van der Waals surface area contributed by atoms with Crippen LogP contribution in [0.2, 0.25) is 0 Å². The van der Waals surface area contributed by atoms with Crippen LogP contribution in [0.1, 0.15) is 51.4 Å². The molecular weight excluding hydrogens is 1120 g/mol. The predicted molar refractivity (Wildman–Crippen MR) is 290 cm³/mol. The van der Waals surface area contributed by atoms with Crippen LogP contribution in [0.25, 0.3) is 10.2 Å². The van der Waals surface area contributed by atoms with Crippen molar-refractivity contribution in [3.63, 3.8) is 0 Å². The summed E-state index contributed by atoms with van der Waals surface area (Å²) in [4.78, 5) is 116. The first-order chi connectivity index (χ1) is 40.5. The van der Waals surface area contributed by atoms with E-state index >= 15 is 0 Å². The average molecular weight is 1180 g/mol. The van der Waals surface area contributed by atoms with Gasteiger partial charge in [-0.25, -0.2) is 24.2 Å². The van der Waals surface area contributed by atoms with Gasteiger partial charge in [0.1, 0.15) is 21.7 Å². The van der Waals surface area contributed by atoms with E-state index in [1.165, 1.54) is 72.8 Å². The molecule has 0 N–H and O–H groups in total. The number of fused-ring (bicyclic) bond motifs is 1. The maximum absolute atomic E-state index is 13.8. The zero-order valence-electron chi connectivity index (χ0n) is 44.5. The number of nitro benzene ring substituents is 1. The number of ether oxygens (including phenoxy) is 12. The summed E-state index contributed by atoms with van der Waals surface area (Å²) in [5, 5.41) is 19.6. The van der Waals surface area contributed by atoms with Crippen molar-refractivity contribution in [1.82, 2.24) is 4.98 Å². The van der Waals surface area contributed by atoms with E-state index in [4.69, 9.17) is 56.8 Å². The molecule has 5 aromatic rings. The van der Waals surface area contributed by atoms with Crippen molar-refractivity contribution < 1.29 is 100 Å². The molecule has 0 spiro atoms. The molecule has 2 aliphatic carbocycles. The zero-order chi connectivity index (χ0) is 60.1. The third-order valence-corrected chi connectivity index (χ3v) is 13.5. The van der Waals surface area contributed by atoms with E-state index in [1.54, 1.807) is 0 Å². The molecule has 0 saturated heterocycles. The number of hydrogen-bond donors (Lipinski definition) is 0. The Morgan fingerprint density at radius 1 is 0.488 bits per heavy atom. The van der Waals surface area contributed by atoms with Crippen molar-refractivity contribution in [2.24, 2.45) is 33.9 Å². The van der Waals surface area contributed by atoms with Gasteiger partial charge in [0, 0.05) is 48.6 Å². The standard InChI is InChI=1S/C57H52N4O22S/c1-5-47(62)76-29-72-41-23-21-39(27-45(41)74-31-78-49(64)7-3)80-53(66)33-9-13-35(14-10-33)55(68)82-43-25-26-44(52-51(43)58-57(84-52)60-59-37-17-19-38(20-18-37)61(70)71)83-56(69)36-15-11-34(12-16-36)54(67)81-40-22-24-42(73-30-77-48(63)6-2)46(28-40)75-32-79-50(65)8-4/h5-8,17-28,33-36H,1-4,9-16,29-32H2/b60-59+. The van der Waals surface area contributed by atoms with E-state index in [2.05, 4.69) is 41.5 Å². The number of aromatic nitrogens is 1. The van der Waals surface area contributed by atoms with Gasteiger partial charge in [-0.3, -0.25) is 29.3 Å². The Kier molecular flexibility index (Phi) is 21.9. The normalized spacial score (nSPS) is 16.3. The van der Waals surface area contributed by atoms with Crippen molar-refractivity contribution in [1.29, 1.82) is 0 Å². The molecule has 0 aliphatic heterocycles. The van der Waals surface area contributed by atoms with E-state index in [0.717, 1.165) is 35.6 Å². The van der Waals surface area contributed by atoms with Crippen LogP contribution in [0, 0.1) is 33.8 Å². The van der Waals surface area contributed by atoms with Crippen LogP contribution in [0.3, 0.4) is 0 Å². The fourth-order valence-electron chi connectivity index (χ4n) is 8.22. The molecule has 26 nitrogen and oxygen atoms in total. The summed E-state index contributed by atoms with van der Waals surface area (Å²) in [5.41, 5.74) is 0.221. The van der Waals surface area contributed by atoms with Crippen molar-refractivity contribution in [3.05, 3.63) is 134 Å². The van der Waals surface area contributed by atoms with Gasteiger partial charge in [0.2, 0.25) is 32.3 Å². The molecule has 27 heteroatoms. The van der Waals surface area contributed by atoms with Gasteiger partial charge in [0.15, 0.2) is 34.5 Å². The van der Waals surface area contributed by atoms with Crippen LogP contribution in [-0.2, 0) is 57.3 Å². The fraction of sp³-hybridized carbons (Fsp3) is 0.281. The van der Waals surface area contributed by atoms with Gasteiger partial charge in [-0.2, -0.15) is 0 Å². The van der Waals surface area contributed by atoms with E-state index < -0.39 is 104 Å². The summed E-state index contributed by atoms with van der Waals surface area (Å²) >= 11 is 0.967. The molecule has 1 aromatic heterocycles. The Morgan fingerprint density at radius 2 is 0.845 bits per heavy atom. The van der Waals surface area contributed by atoms with Crippen LogP contribution >= 0.6 is 11.3 Å². The van der Waals surface area contributed by atoms with E-state index in [0.29, 0.717) is 0 Å². The van der Waals surface area contributed by atoms with Crippen LogP contribution in [0.5, 0.6) is 46.0 Å². The maximum Gasteiger partial charge on any atom is 0.333 e. The van der Waals surface area contributed by atoms with Crippen LogP contribution in [-0.4, -0.2) is 84.8 Å². The second kappa shape index (κ2) is 29.9. The Hall–Kier alpha value is -10.3. The first-order valence-corrected chi connectivity index (χ1v) is 26.3. The molecule has 84 heavy (non-hydrogen) atoms. The molecule has 438 valence electrons. The summed E-state index contributed by atoms with van der Waals surface area (Å²) in [7, 11) is 0. The lowest BCUT2D eigenvalue weighted by Gasteiger charge is -2.26. The molecule has 2 aliphatic rings. The fourth-order valence-corrected chi connectivity index (χ4v) is 9.07. The number of benzene rings is 4. The minimum absolute atomic E-state index is 0.0120. The SMILES string of the molecule is C=CC(=O)OCOc1ccc(OC(=O)C2CCC(C(=O)Oc3ccc(OC(=O)C4CCC(C(=O)Oc5ccc(OCOC(=O)C=C)c(OCOC(=O)C=C)c5)CC4)c4sc(/N=N/c5ccc([N+](=O)[O-])cc5)nc34)CC2)cc1OCOC(=O)C=C. The molecule has 4 aromatic carbocycles. The van der Waals surface area contributed by atoms with Gasteiger partial charge in [-0.15, -0.1) is 10.2 Å². The number of hydrogen-bond acceptors (Lipinski definition) is 26. The lowest BCUT2D eigenvalue weighted by Crippen LogP contribution is -2.30. The smallest absolute Gasteiger partial charge is 0.333 e. The van der Waals surface area contributed by atoms with Crippen molar-refractivity contribution in [3.8, 4) is 46.0 Å². The summed E-state index contributed by atoms with van der Waals surface area (Å²) < 4.78 is 64.9. The van der Waals surface area contributed by atoms with Crippen molar-refractivity contribution in [2.45, 2.75) is 51.4 Å². The largest absolute Gasteiger partial charge is 0.453 e. The third-order valence-electron chi connectivity index (χ3n) is 12.6. The molecule has 0 bridgehead atoms. The van der Waals surface area contributed by atoms with E-state index in [1.807, 2.05) is 0 Å². The highest BCUT2D eigenvalue weighted by atomic mass is 32.1. The second-order valence-electron chi connectivity index (χ2n) is 17.9. The molecule has 1 heterocycles. The molecular formula is C57H52N4O22S. The Morgan fingerprint density at radius 3 is 1.24 bits per heavy atom. The molecule has 0 amide bonds.